The minimum atomic E-state index is 0.240. The smallest absolute Gasteiger partial charge is 0.0449 e. The summed E-state index contributed by atoms with van der Waals surface area (Å²) in [6.45, 7) is 2.53. The van der Waals surface area contributed by atoms with Crippen LogP contribution in [0.1, 0.15) is 37.3 Å². The van der Waals surface area contributed by atoms with Gasteiger partial charge in [0.1, 0.15) is 0 Å². The quantitative estimate of drug-likeness (QED) is 0.891. The van der Waals surface area contributed by atoms with E-state index in [2.05, 4.69) is 17.0 Å². The van der Waals surface area contributed by atoms with Crippen LogP contribution in [0, 0.1) is 0 Å². The molecule has 2 rings (SSSR count). The molecule has 94 valence electrons. The molecule has 0 unspecified atom stereocenters. The van der Waals surface area contributed by atoms with Crippen molar-refractivity contribution in [2.45, 2.75) is 31.7 Å². The molecule has 0 bridgehead atoms. The monoisotopic (exact) mass is 253 g/mol. The van der Waals surface area contributed by atoms with E-state index in [1.54, 1.807) is 0 Å². The highest BCUT2D eigenvalue weighted by molar-refractivity contribution is 6.30. The van der Waals surface area contributed by atoms with Crippen LogP contribution in [0.4, 0.5) is 0 Å². The van der Waals surface area contributed by atoms with Crippen molar-refractivity contribution >= 4 is 11.6 Å². The Hall–Kier alpha value is -0.570. The Bertz CT molecular complexity index is 333. The van der Waals surface area contributed by atoms with E-state index in [-0.39, 0.29) is 6.61 Å². The van der Waals surface area contributed by atoms with Crippen LogP contribution in [-0.2, 0) is 0 Å². The standard InChI is InChI=1S/C14H20ClNO/c15-13-6-4-12(5-7-13)14(8-11-17)16-9-2-1-3-10-16/h4-7,14,17H,1-3,8-11H2/t14-/m0/s1. The third-order valence-corrected chi connectivity index (χ3v) is 3.74. The summed E-state index contributed by atoms with van der Waals surface area (Å²) in [6, 6.07) is 8.38. The lowest BCUT2D eigenvalue weighted by Gasteiger charge is -2.34. The average molecular weight is 254 g/mol. The van der Waals surface area contributed by atoms with Crippen LogP contribution in [-0.4, -0.2) is 29.7 Å². The van der Waals surface area contributed by atoms with Gasteiger partial charge in [0.2, 0.25) is 0 Å². The summed E-state index contributed by atoms with van der Waals surface area (Å²) in [6.07, 6.45) is 4.69. The number of aliphatic hydroxyl groups is 1. The van der Waals surface area contributed by atoms with Crippen molar-refractivity contribution in [1.82, 2.24) is 4.90 Å². The summed E-state index contributed by atoms with van der Waals surface area (Å²) in [7, 11) is 0. The Labute approximate surface area is 108 Å². The van der Waals surface area contributed by atoms with Crippen LogP contribution >= 0.6 is 11.6 Å². The van der Waals surface area contributed by atoms with Crippen LogP contribution in [0.2, 0.25) is 5.02 Å². The molecule has 1 atom stereocenters. The minimum Gasteiger partial charge on any atom is -0.396 e. The highest BCUT2D eigenvalue weighted by Crippen LogP contribution is 2.28. The number of rotatable bonds is 4. The number of likely N-dealkylation sites (tertiary alicyclic amines) is 1. The molecule has 0 saturated carbocycles. The maximum absolute atomic E-state index is 9.23. The molecule has 0 spiro atoms. The van der Waals surface area contributed by atoms with Crippen molar-refractivity contribution in [3.8, 4) is 0 Å². The van der Waals surface area contributed by atoms with Crippen molar-refractivity contribution in [2.24, 2.45) is 0 Å². The highest BCUT2D eigenvalue weighted by atomic mass is 35.5. The molecule has 1 saturated heterocycles. The zero-order valence-electron chi connectivity index (χ0n) is 10.1. The normalized spacial score (nSPS) is 19.2. The van der Waals surface area contributed by atoms with Crippen LogP contribution < -0.4 is 0 Å². The topological polar surface area (TPSA) is 23.5 Å². The second-order valence-corrected chi connectivity index (χ2v) is 5.11. The van der Waals surface area contributed by atoms with Crippen LogP contribution in [0.15, 0.2) is 24.3 Å². The number of benzene rings is 1. The van der Waals surface area contributed by atoms with Crippen LogP contribution in [0.25, 0.3) is 0 Å². The van der Waals surface area contributed by atoms with E-state index >= 15 is 0 Å². The third-order valence-electron chi connectivity index (χ3n) is 3.49. The van der Waals surface area contributed by atoms with Gasteiger partial charge >= 0.3 is 0 Å². The van der Waals surface area contributed by atoms with E-state index in [0.717, 1.165) is 24.5 Å². The number of piperidine rings is 1. The highest BCUT2D eigenvalue weighted by Gasteiger charge is 2.21. The Morgan fingerprint density at radius 2 is 1.76 bits per heavy atom. The van der Waals surface area contributed by atoms with Crippen molar-refractivity contribution in [3.05, 3.63) is 34.9 Å². The van der Waals surface area contributed by atoms with E-state index in [9.17, 15) is 5.11 Å². The third kappa shape index (κ3) is 3.44. The number of halogens is 1. The SMILES string of the molecule is OCC[C@@H](c1ccc(Cl)cc1)N1CCCCC1. The molecule has 2 nitrogen and oxygen atoms in total. The van der Waals surface area contributed by atoms with Gasteiger partial charge in [0.25, 0.3) is 0 Å². The van der Waals surface area contributed by atoms with Gasteiger partial charge in [-0.1, -0.05) is 30.2 Å². The largest absolute Gasteiger partial charge is 0.396 e. The molecule has 3 heteroatoms. The first-order valence-electron chi connectivity index (χ1n) is 6.41. The summed E-state index contributed by atoms with van der Waals surface area (Å²) < 4.78 is 0. The van der Waals surface area contributed by atoms with Gasteiger partial charge in [-0.2, -0.15) is 0 Å². The molecule has 1 N–H and O–H groups in total. The zero-order valence-corrected chi connectivity index (χ0v) is 10.9. The molecule has 1 aromatic carbocycles. The van der Waals surface area contributed by atoms with Crippen molar-refractivity contribution in [3.63, 3.8) is 0 Å². The van der Waals surface area contributed by atoms with Crippen molar-refractivity contribution < 1.29 is 5.11 Å². The van der Waals surface area contributed by atoms with E-state index in [1.807, 2.05) is 12.1 Å². The molecule has 0 radical (unpaired) electrons. The fourth-order valence-electron chi connectivity index (χ4n) is 2.60. The van der Waals surface area contributed by atoms with Gasteiger partial charge in [-0.3, -0.25) is 4.90 Å². The molecule has 1 heterocycles. The van der Waals surface area contributed by atoms with E-state index in [4.69, 9.17) is 11.6 Å². The Kier molecular flexibility index (Phi) is 4.84. The van der Waals surface area contributed by atoms with Gasteiger partial charge in [0, 0.05) is 17.7 Å². The molecule has 1 fully saturated rings. The summed E-state index contributed by atoms with van der Waals surface area (Å²) >= 11 is 5.92. The number of hydrogen-bond donors (Lipinski definition) is 1. The van der Waals surface area contributed by atoms with Gasteiger partial charge < -0.3 is 5.11 Å². The predicted molar refractivity (Wildman–Crippen MR) is 71.3 cm³/mol. The molecule has 1 aliphatic heterocycles. The van der Waals surface area contributed by atoms with E-state index < -0.39 is 0 Å². The average Bonchev–Trinajstić information content (AvgIpc) is 2.38. The molecule has 0 aromatic heterocycles. The summed E-state index contributed by atoms with van der Waals surface area (Å²) in [5, 5.41) is 10.0. The number of nitrogens with zero attached hydrogens (tertiary/aromatic N) is 1. The van der Waals surface area contributed by atoms with Gasteiger partial charge in [-0.05, 0) is 50.0 Å². The van der Waals surface area contributed by atoms with E-state index in [1.165, 1.54) is 24.8 Å². The fraction of sp³-hybridized carbons (Fsp3) is 0.571. The minimum absolute atomic E-state index is 0.240. The first-order chi connectivity index (χ1) is 8.31. The maximum Gasteiger partial charge on any atom is 0.0449 e. The zero-order chi connectivity index (χ0) is 12.1. The molecule has 1 aromatic rings. The van der Waals surface area contributed by atoms with E-state index in [0.29, 0.717) is 6.04 Å². The lowest BCUT2D eigenvalue weighted by atomic mass is 9.99. The molecule has 0 aliphatic carbocycles. The molecule has 0 amide bonds. The van der Waals surface area contributed by atoms with Gasteiger partial charge in [-0.25, -0.2) is 0 Å². The fourth-order valence-corrected chi connectivity index (χ4v) is 2.72. The molecular weight excluding hydrogens is 234 g/mol. The Balaban J connectivity index is 2.12. The summed E-state index contributed by atoms with van der Waals surface area (Å²) in [5.41, 5.74) is 1.27. The second kappa shape index (κ2) is 6.39. The lowest BCUT2D eigenvalue weighted by molar-refractivity contribution is 0.133. The van der Waals surface area contributed by atoms with Crippen molar-refractivity contribution in [2.75, 3.05) is 19.7 Å². The first kappa shape index (κ1) is 12.9. The first-order valence-corrected chi connectivity index (χ1v) is 6.79. The van der Waals surface area contributed by atoms with Gasteiger partial charge in [0.15, 0.2) is 0 Å². The Morgan fingerprint density at radius 3 is 2.35 bits per heavy atom. The molecular formula is C14H20ClNO. The molecule has 17 heavy (non-hydrogen) atoms. The van der Waals surface area contributed by atoms with Crippen LogP contribution in [0.3, 0.4) is 0 Å². The van der Waals surface area contributed by atoms with Crippen molar-refractivity contribution in [1.29, 1.82) is 0 Å². The predicted octanol–water partition coefficient (Wildman–Crippen LogP) is 3.25. The van der Waals surface area contributed by atoms with Gasteiger partial charge in [0.05, 0.1) is 0 Å². The van der Waals surface area contributed by atoms with Crippen LogP contribution in [0.5, 0.6) is 0 Å². The second-order valence-electron chi connectivity index (χ2n) is 4.68. The number of aliphatic hydroxyl groups excluding tert-OH is 1. The number of hydrogen-bond acceptors (Lipinski definition) is 2. The summed E-state index contributed by atoms with van der Waals surface area (Å²) in [5.74, 6) is 0. The van der Waals surface area contributed by atoms with Gasteiger partial charge in [-0.15, -0.1) is 0 Å². The summed E-state index contributed by atoms with van der Waals surface area (Å²) in [4.78, 5) is 2.49. The lowest BCUT2D eigenvalue weighted by Crippen LogP contribution is -2.34. The maximum atomic E-state index is 9.23. The molecule has 1 aliphatic rings. The Morgan fingerprint density at radius 1 is 1.12 bits per heavy atom.